The molecule has 2 aromatic rings. The lowest BCUT2D eigenvalue weighted by Crippen LogP contribution is -2.28. The van der Waals surface area contributed by atoms with Gasteiger partial charge in [0.2, 0.25) is 0 Å². The Bertz CT molecular complexity index is 758. The number of rotatable bonds is 3. The number of nitro benzene ring substituents is 1. The van der Waals surface area contributed by atoms with Crippen LogP contribution < -0.4 is 9.64 Å². The van der Waals surface area contributed by atoms with E-state index in [4.69, 9.17) is 4.74 Å². The molecule has 6 heteroatoms. The van der Waals surface area contributed by atoms with E-state index in [1.54, 1.807) is 11.0 Å². The van der Waals surface area contributed by atoms with Crippen LogP contribution in [0.25, 0.3) is 0 Å². The van der Waals surface area contributed by atoms with Crippen LogP contribution in [0.5, 0.6) is 5.75 Å². The van der Waals surface area contributed by atoms with Crippen molar-refractivity contribution in [2.75, 3.05) is 18.6 Å². The average molecular weight is 298 g/mol. The smallest absolute Gasteiger partial charge is 0.311 e. The van der Waals surface area contributed by atoms with Gasteiger partial charge in [-0.2, -0.15) is 0 Å². The summed E-state index contributed by atoms with van der Waals surface area (Å²) in [5.41, 5.74) is 2.05. The Balaban J connectivity index is 1.97. The fourth-order valence-electron chi connectivity index (χ4n) is 2.67. The summed E-state index contributed by atoms with van der Waals surface area (Å²) in [6.07, 6.45) is 0.792. The molecule has 2 aromatic carbocycles. The van der Waals surface area contributed by atoms with E-state index >= 15 is 0 Å². The van der Waals surface area contributed by atoms with Gasteiger partial charge in [-0.1, -0.05) is 18.2 Å². The molecule has 3 rings (SSSR count). The van der Waals surface area contributed by atoms with Crippen LogP contribution in [0.2, 0.25) is 0 Å². The third kappa shape index (κ3) is 2.28. The number of carbonyl (C=O) groups is 1. The number of para-hydroxylation sites is 1. The summed E-state index contributed by atoms with van der Waals surface area (Å²) in [6.45, 7) is 0.581. The number of nitrogens with zero attached hydrogens (tertiary/aromatic N) is 2. The number of hydrogen-bond donors (Lipinski definition) is 0. The fraction of sp³-hybridized carbons (Fsp3) is 0.188. The topological polar surface area (TPSA) is 72.7 Å². The van der Waals surface area contributed by atoms with E-state index in [1.165, 1.54) is 19.2 Å². The van der Waals surface area contributed by atoms with Crippen LogP contribution in [0.3, 0.4) is 0 Å². The van der Waals surface area contributed by atoms with Crippen molar-refractivity contribution >= 4 is 17.3 Å². The number of nitro groups is 1. The molecule has 1 amide bonds. The molecule has 1 aliphatic heterocycles. The molecular weight excluding hydrogens is 284 g/mol. The van der Waals surface area contributed by atoms with Gasteiger partial charge in [-0.3, -0.25) is 14.9 Å². The van der Waals surface area contributed by atoms with Crippen molar-refractivity contribution in [2.45, 2.75) is 6.42 Å². The number of methoxy groups -OCH3 is 1. The maximum absolute atomic E-state index is 12.6. The third-order valence-corrected chi connectivity index (χ3v) is 3.75. The lowest BCUT2D eigenvalue weighted by atomic mass is 10.1. The number of carbonyl (C=O) groups excluding carboxylic acids is 1. The molecular formula is C16H14N2O4. The summed E-state index contributed by atoms with van der Waals surface area (Å²) in [6, 6.07) is 12.0. The molecule has 22 heavy (non-hydrogen) atoms. The summed E-state index contributed by atoms with van der Waals surface area (Å²) in [5, 5.41) is 11.1. The first kappa shape index (κ1) is 14.1. The number of anilines is 1. The van der Waals surface area contributed by atoms with Crippen molar-refractivity contribution in [1.82, 2.24) is 0 Å². The second kappa shape index (κ2) is 5.48. The number of fused-ring (bicyclic) bond motifs is 1. The predicted molar refractivity (Wildman–Crippen MR) is 81.5 cm³/mol. The van der Waals surface area contributed by atoms with Gasteiger partial charge in [-0.05, 0) is 30.2 Å². The molecule has 0 aliphatic carbocycles. The Kier molecular flexibility index (Phi) is 3.50. The number of amides is 1. The monoisotopic (exact) mass is 298 g/mol. The van der Waals surface area contributed by atoms with Crippen molar-refractivity contribution in [3.05, 3.63) is 63.7 Å². The Morgan fingerprint density at radius 3 is 2.77 bits per heavy atom. The highest BCUT2D eigenvalue weighted by molar-refractivity contribution is 6.07. The summed E-state index contributed by atoms with van der Waals surface area (Å²) < 4.78 is 4.96. The SMILES string of the molecule is COc1ccc(C(=O)N2CCc3ccccc32)cc1[N+](=O)[O-]. The summed E-state index contributed by atoms with van der Waals surface area (Å²) in [7, 11) is 1.36. The maximum Gasteiger partial charge on any atom is 0.311 e. The highest BCUT2D eigenvalue weighted by Gasteiger charge is 2.27. The van der Waals surface area contributed by atoms with Crippen LogP contribution in [-0.4, -0.2) is 24.5 Å². The minimum atomic E-state index is -0.548. The van der Waals surface area contributed by atoms with E-state index in [1.807, 2.05) is 24.3 Å². The second-order valence-electron chi connectivity index (χ2n) is 4.98. The van der Waals surface area contributed by atoms with E-state index in [-0.39, 0.29) is 22.9 Å². The molecule has 0 saturated carbocycles. The lowest BCUT2D eigenvalue weighted by molar-refractivity contribution is -0.385. The van der Waals surface area contributed by atoms with Crippen molar-refractivity contribution in [1.29, 1.82) is 0 Å². The van der Waals surface area contributed by atoms with Crippen molar-refractivity contribution < 1.29 is 14.5 Å². The Labute approximate surface area is 127 Å². The number of benzene rings is 2. The largest absolute Gasteiger partial charge is 0.490 e. The first-order valence-corrected chi connectivity index (χ1v) is 6.84. The van der Waals surface area contributed by atoms with Crippen LogP contribution in [-0.2, 0) is 6.42 Å². The van der Waals surface area contributed by atoms with E-state index in [9.17, 15) is 14.9 Å². The minimum absolute atomic E-state index is 0.142. The molecule has 0 fully saturated rings. The summed E-state index contributed by atoms with van der Waals surface area (Å²) >= 11 is 0. The van der Waals surface area contributed by atoms with Gasteiger partial charge in [0.25, 0.3) is 5.91 Å². The molecule has 0 spiro atoms. The summed E-state index contributed by atoms with van der Waals surface area (Å²) in [4.78, 5) is 24.8. The van der Waals surface area contributed by atoms with E-state index in [0.717, 1.165) is 17.7 Å². The Morgan fingerprint density at radius 2 is 2.05 bits per heavy atom. The van der Waals surface area contributed by atoms with Gasteiger partial charge >= 0.3 is 5.69 Å². The van der Waals surface area contributed by atoms with Gasteiger partial charge < -0.3 is 9.64 Å². The van der Waals surface area contributed by atoms with Gasteiger partial charge in [-0.15, -0.1) is 0 Å². The molecule has 1 aliphatic rings. The Morgan fingerprint density at radius 1 is 1.27 bits per heavy atom. The average Bonchev–Trinajstić information content (AvgIpc) is 2.97. The van der Waals surface area contributed by atoms with Crippen LogP contribution in [0, 0.1) is 10.1 Å². The van der Waals surface area contributed by atoms with E-state index in [2.05, 4.69) is 0 Å². The molecule has 0 bridgehead atoms. The van der Waals surface area contributed by atoms with E-state index < -0.39 is 4.92 Å². The molecule has 0 radical (unpaired) electrons. The van der Waals surface area contributed by atoms with E-state index in [0.29, 0.717) is 6.54 Å². The highest BCUT2D eigenvalue weighted by Crippen LogP contribution is 2.31. The zero-order valence-electron chi connectivity index (χ0n) is 12.0. The van der Waals surface area contributed by atoms with Gasteiger partial charge in [0, 0.05) is 23.9 Å². The minimum Gasteiger partial charge on any atom is -0.490 e. The quantitative estimate of drug-likeness (QED) is 0.645. The zero-order valence-corrected chi connectivity index (χ0v) is 12.0. The first-order chi connectivity index (χ1) is 10.6. The molecule has 6 nitrogen and oxygen atoms in total. The molecule has 0 saturated heterocycles. The number of ether oxygens (including phenoxy) is 1. The van der Waals surface area contributed by atoms with Crippen LogP contribution in [0.4, 0.5) is 11.4 Å². The van der Waals surface area contributed by atoms with Crippen LogP contribution in [0.1, 0.15) is 15.9 Å². The van der Waals surface area contributed by atoms with Gasteiger partial charge in [0.15, 0.2) is 5.75 Å². The fourth-order valence-corrected chi connectivity index (χ4v) is 2.67. The van der Waals surface area contributed by atoms with Crippen molar-refractivity contribution in [2.24, 2.45) is 0 Å². The molecule has 0 aromatic heterocycles. The first-order valence-electron chi connectivity index (χ1n) is 6.84. The second-order valence-corrected chi connectivity index (χ2v) is 4.98. The number of hydrogen-bond acceptors (Lipinski definition) is 4. The molecule has 0 N–H and O–H groups in total. The molecule has 1 heterocycles. The molecule has 112 valence electrons. The lowest BCUT2D eigenvalue weighted by Gasteiger charge is -2.17. The third-order valence-electron chi connectivity index (χ3n) is 3.75. The molecule has 0 unspecified atom stereocenters. The maximum atomic E-state index is 12.6. The normalized spacial score (nSPS) is 12.9. The van der Waals surface area contributed by atoms with Crippen molar-refractivity contribution in [3.63, 3.8) is 0 Å². The van der Waals surface area contributed by atoms with Gasteiger partial charge in [-0.25, -0.2) is 0 Å². The zero-order chi connectivity index (χ0) is 15.7. The standard InChI is InChI=1S/C16H14N2O4/c1-22-15-7-6-12(10-14(15)18(20)21)16(19)17-9-8-11-4-2-3-5-13(11)17/h2-7,10H,8-9H2,1H3. The highest BCUT2D eigenvalue weighted by atomic mass is 16.6. The van der Waals surface area contributed by atoms with Crippen LogP contribution >= 0.6 is 0 Å². The predicted octanol–water partition coefficient (Wildman–Crippen LogP) is 2.81. The van der Waals surface area contributed by atoms with Crippen LogP contribution in [0.15, 0.2) is 42.5 Å². The van der Waals surface area contributed by atoms with Gasteiger partial charge in [0.05, 0.1) is 12.0 Å². The molecule has 0 atom stereocenters. The van der Waals surface area contributed by atoms with Gasteiger partial charge in [0.1, 0.15) is 0 Å². The summed E-state index contributed by atoms with van der Waals surface area (Å²) in [5.74, 6) is -0.0981. The Hall–Kier alpha value is -2.89. The van der Waals surface area contributed by atoms with Crippen molar-refractivity contribution in [3.8, 4) is 5.75 Å².